The van der Waals surface area contributed by atoms with Gasteiger partial charge in [0, 0.05) is 18.5 Å². The van der Waals surface area contributed by atoms with E-state index in [0.717, 1.165) is 6.42 Å². The summed E-state index contributed by atoms with van der Waals surface area (Å²) in [7, 11) is 0. The third-order valence-corrected chi connectivity index (χ3v) is 3.58. The van der Waals surface area contributed by atoms with Crippen LogP contribution in [0.25, 0.3) is 0 Å². The van der Waals surface area contributed by atoms with Crippen LogP contribution in [0.3, 0.4) is 0 Å². The Balaban J connectivity index is 2.23. The second kappa shape index (κ2) is 7.70. The summed E-state index contributed by atoms with van der Waals surface area (Å²) in [6.07, 6.45) is 9.32. The predicted molar refractivity (Wildman–Crippen MR) is 71.7 cm³/mol. The molecular formula is C14H28N2O. The molecule has 1 fully saturated rings. The second-order valence-corrected chi connectivity index (χ2v) is 5.74. The summed E-state index contributed by atoms with van der Waals surface area (Å²) in [6, 6.07) is 0.358. The van der Waals surface area contributed by atoms with E-state index < -0.39 is 0 Å². The monoisotopic (exact) mass is 240 g/mol. The van der Waals surface area contributed by atoms with E-state index in [1.54, 1.807) is 0 Å². The van der Waals surface area contributed by atoms with Gasteiger partial charge in [-0.05, 0) is 39.0 Å². The molecule has 0 aromatic rings. The minimum atomic E-state index is 0.156. The average Bonchev–Trinajstić information content (AvgIpc) is 2.44. The van der Waals surface area contributed by atoms with E-state index in [1.807, 2.05) is 13.8 Å². The lowest BCUT2D eigenvalue weighted by Crippen LogP contribution is -2.37. The van der Waals surface area contributed by atoms with Gasteiger partial charge in [0.25, 0.3) is 0 Å². The average molecular weight is 240 g/mol. The zero-order valence-electron chi connectivity index (χ0n) is 11.4. The van der Waals surface area contributed by atoms with Crippen LogP contribution in [-0.4, -0.2) is 18.0 Å². The molecule has 1 aliphatic rings. The molecular weight excluding hydrogens is 212 g/mol. The molecule has 0 bridgehead atoms. The highest BCUT2D eigenvalue weighted by Crippen LogP contribution is 2.25. The zero-order chi connectivity index (χ0) is 12.7. The van der Waals surface area contributed by atoms with Crippen LogP contribution in [0.5, 0.6) is 0 Å². The highest BCUT2D eigenvalue weighted by molar-refractivity contribution is 5.76. The van der Waals surface area contributed by atoms with Gasteiger partial charge in [0.05, 0.1) is 0 Å². The number of carbonyl (C=O) groups is 1. The van der Waals surface area contributed by atoms with Crippen LogP contribution >= 0.6 is 0 Å². The van der Waals surface area contributed by atoms with E-state index in [0.29, 0.717) is 12.3 Å². The van der Waals surface area contributed by atoms with Gasteiger partial charge in [0.2, 0.25) is 5.91 Å². The van der Waals surface area contributed by atoms with E-state index in [4.69, 9.17) is 5.73 Å². The molecule has 0 aliphatic heterocycles. The molecule has 2 atom stereocenters. The minimum Gasteiger partial charge on any atom is -0.354 e. The summed E-state index contributed by atoms with van der Waals surface area (Å²) in [6.45, 7) is 4.02. The first-order valence-corrected chi connectivity index (χ1v) is 7.13. The molecule has 0 spiro atoms. The van der Waals surface area contributed by atoms with Gasteiger partial charge >= 0.3 is 0 Å². The maximum absolute atomic E-state index is 11.9. The SMILES string of the molecule is CC(N)CC(C)NC(=O)CC1CCCCCC1. The number of hydrogen-bond donors (Lipinski definition) is 2. The molecule has 3 nitrogen and oxygen atoms in total. The van der Waals surface area contributed by atoms with Crippen molar-refractivity contribution < 1.29 is 4.79 Å². The van der Waals surface area contributed by atoms with Crippen LogP contribution in [0, 0.1) is 5.92 Å². The molecule has 0 aromatic carbocycles. The Bertz CT molecular complexity index is 220. The van der Waals surface area contributed by atoms with Crippen LogP contribution in [0.4, 0.5) is 0 Å². The third-order valence-electron chi connectivity index (χ3n) is 3.58. The molecule has 100 valence electrons. The fourth-order valence-corrected chi connectivity index (χ4v) is 2.78. The van der Waals surface area contributed by atoms with Crippen molar-refractivity contribution in [2.24, 2.45) is 11.7 Å². The fraction of sp³-hybridized carbons (Fsp3) is 0.929. The normalized spacial score (nSPS) is 21.6. The van der Waals surface area contributed by atoms with Crippen molar-refractivity contribution in [3.8, 4) is 0 Å². The Hall–Kier alpha value is -0.570. The predicted octanol–water partition coefficient (Wildman–Crippen LogP) is 2.59. The number of amides is 1. The lowest BCUT2D eigenvalue weighted by atomic mass is 9.96. The summed E-state index contributed by atoms with van der Waals surface area (Å²) in [4.78, 5) is 11.9. The standard InChI is InChI=1S/C14H28N2O/c1-11(15)9-12(2)16-14(17)10-13-7-5-3-4-6-8-13/h11-13H,3-10,15H2,1-2H3,(H,16,17). The number of nitrogens with two attached hydrogens (primary N) is 1. The van der Waals surface area contributed by atoms with Gasteiger partial charge in [-0.2, -0.15) is 0 Å². The molecule has 0 aromatic heterocycles. The largest absolute Gasteiger partial charge is 0.354 e. The first-order valence-electron chi connectivity index (χ1n) is 7.13. The Labute approximate surface area is 106 Å². The first-order chi connectivity index (χ1) is 8.08. The zero-order valence-corrected chi connectivity index (χ0v) is 11.4. The Morgan fingerprint density at radius 3 is 2.35 bits per heavy atom. The van der Waals surface area contributed by atoms with Gasteiger partial charge in [0.15, 0.2) is 0 Å². The van der Waals surface area contributed by atoms with Crippen molar-refractivity contribution in [1.82, 2.24) is 5.32 Å². The molecule has 0 heterocycles. The lowest BCUT2D eigenvalue weighted by Gasteiger charge is -2.18. The van der Waals surface area contributed by atoms with Crippen molar-refractivity contribution >= 4 is 5.91 Å². The fourth-order valence-electron chi connectivity index (χ4n) is 2.78. The van der Waals surface area contributed by atoms with Crippen LogP contribution in [0.15, 0.2) is 0 Å². The number of nitrogens with one attached hydrogen (secondary N) is 1. The molecule has 0 radical (unpaired) electrons. The van der Waals surface area contributed by atoms with Gasteiger partial charge < -0.3 is 11.1 Å². The number of carbonyl (C=O) groups excluding carboxylic acids is 1. The number of rotatable bonds is 5. The van der Waals surface area contributed by atoms with Crippen LogP contribution < -0.4 is 11.1 Å². The van der Waals surface area contributed by atoms with Gasteiger partial charge in [-0.1, -0.05) is 25.7 Å². The van der Waals surface area contributed by atoms with Gasteiger partial charge in [-0.3, -0.25) is 4.79 Å². The van der Waals surface area contributed by atoms with E-state index in [2.05, 4.69) is 5.32 Å². The Morgan fingerprint density at radius 1 is 1.24 bits per heavy atom. The van der Waals surface area contributed by atoms with E-state index in [1.165, 1.54) is 38.5 Å². The van der Waals surface area contributed by atoms with Gasteiger partial charge in [-0.15, -0.1) is 0 Å². The summed E-state index contributed by atoms with van der Waals surface area (Å²) in [5.74, 6) is 0.824. The van der Waals surface area contributed by atoms with Crippen molar-refractivity contribution in [3.63, 3.8) is 0 Å². The maximum Gasteiger partial charge on any atom is 0.220 e. The molecule has 0 saturated heterocycles. The van der Waals surface area contributed by atoms with Crippen molar-refractivity contribution in [1.29, 1.82) is 0 Å². The molecule has 2 unspecified atom stereocenters. The molecule has 17 heavy (non-hydrogen) atoms. The quantitative estimate of drug-likeness (QED) is 0.726. The molecule has 3 N–H and O–H groups in total. The highest BCUT2D eigenvalue weighted by atomic mass is 16.1. The molecule has 3 heteroatoms. The van der Waals surface area contributed by atoms with Crippen LogP contribution in [-0.2, 0) is 4.79 Å². The summed E-state index contributed by atoms with van der Waals surface area (Å²) < 4.78 is 0. The lowest BCUT2D eigenvalue weighted by molar-refractivity contribution is -0.122. The Morgan fingerprint density at radius 2 is 1.82 bits per heavy atom. The summed E-state index contributed by atoms with van der Waals surface area (Å²) in [5.41, 5.74) is 5.72. The molecule has 1 rings (SSSR count). The summed E-state index contributed by atoms with van der Waals surface area (Å²) >= 11 is 0. The smallest absolute Gasteiger partial charge is 0.220 e. The Kier molecular flexibility index (Phi) is 6.56. The summed E-state index contributed by atoms with van der Waals surface area (Å²) in [5, 5.41) is 3.06. The van der Waals surface area contributed by atoms with Crippen LogP contribution in [0.1, 0.15) is 65.2 Å². The maximum atomic E-state index is 11.9. The topological polar surface area (TPSA) is 55.1 Å². The van der Waals surface area contributed by atoms with Gasteiger partial charge in [0.1, 0.15) is 0 Å². The van der Waals surface area contributed by atoms with Gasteiger partial charge in [-0.25, -0.2) is 0 Å². The minimum absolute atomic E-state index is 0.156. The molecule has 1 amide bonds. The van der Waals surface area contributed by atoms with Crippen molar-refractivity contribution in [3.05, 3.63) is 0 Å². The van der Waals surface area contributed by atoms with E-state index >= 15 is 0 Å². The second-order valence-electron chi connectivity index (χ2n) is 5.74. The first kappa shape index (κ1) is 14.5. The van der Waals surface area contributed by atoms with E-state index in [9.17, 15) is 4.79 Å². The van der Waals surface area contributed by atoms with E-state index in [-0.39, 0.29) is 18.0 Å². The van der Waals surface area contributed by atoms with Crippen LogP contribution in [0.2, 0.25) is 0 Å². The third kappa shape index (κ3) is 6.67. The van der Waals surface area contributed by atoms with Crippen molar-refractivity contribution in [2.45, 2.75) is 77.3 Å². The van der Waals surface area contributed by atoms with Crippen molar-refractivity contribution in [2.75, 3.05) is 0 Å². The molecule has 1 aliphatic carbocycles. The highest BCUT2D eigenvalue weighted by Gasteiger charge is 2.17. The number of hydrogen-bond acceptors (Lipinski definition) is 2. The molecule has 1 saturated carbocycles.